The summed E-state index contributed by atoms with van der Waals surface area (Å²) in [5.74, 6) is 3.11. The van der Waals surface area contributed by atoms with E-state index in [9.17, 15) is 9.59 Å². The number of nitrogens with one attached hydrogen (secondary N) is 2. The number of amides is 2. The van der Waals surface area contributed by atoms with Crippen molar-refractivity contribution in [2.75, 3.05) is 5.32 Å². The van der Waals surface area contributed by atoms with Gasteiger partial charge in [0.25, 0.3) is 0 Å². The van der Waals surface area contributed by atoms with E-state index in [1.165, 1.54) is 11.3 Å². The van der Waals surface area contributed by atoms with E-state index in [0.29, 0.717) is 5.13 Å². The molecule has 2 amide bonds. The van der Waals surface area contributed by atoms with E-state index in [0.717, 1.165) is 15.8 Å². The number of rotatable bonds is 1. The third-order valence-electron chi connectivity index (χ3n) is 2.10. The molecule has 0 bridgehead atoms. The molecule has 1 aromatic carbocycles. The number of nitrogens with zero attached hydrogens (tertiary/aromatic N) is 1. The molecule has 6 nitrogen and oxygen atoms in total. The number of hydrogen-bond donors (Lipinski definition) is 3. The molecule has 88 valence electrons. The van der Waals surface area contributed by atoms with Crippen molar-refractivity contribution in [1.82, 2.24) is 10.4 Å². The molecule has 1 heterocycles. The van der Waals surface area contributed by atoms with Crippen molar-refractivity contribution >= 4 is 38.5 Å². The molecule has 0 aliphatic heterocycles. The molecule has 0 saturated carbocycles. The summed E-state index contributed by atoms with van der Waals surface area (Å²) in [5.41, 5.74) is 3.65. The minimum absolute atomic E-state index is 0.374. The quantitative estimate of drug-likeness (QED) is 0.298. The summed E-state index contributed by atoms with van der Waals surface area (Å²) in [4.78, 5) is 26.3. The minimum atomic E-state index is -0.902. The topological polar surface area (TPSA) is 97.1 Å². The van der Waals surface area contributed by atoms with Crippen molar-refractivity contribution in [1.29, 1.82) is 0 Å². The minimum Gasteiger partial charge on any atom is -0.294 e. The molecule has 7 heteroatoms. The van der Waals surface area contributed by atoms with Crippen molar-refractivity contribution in [3.05, 3.63) is 23.8 Å². The fourth-order valence-electron chi connectivity index (χ4n) is 1.30. The summed E-state index contributed by atoms with van der Waals surface area (Å²) in [7, 11) is 0. The van der Waals surface area contributed by atoms with Gasteiger partial charge in [-0.2, -0.15) is 0 Å². The van der Waals surface area contributed by atoms with Gasteiger partial charge < -0.3 is 0 Å². The number of anilines is 1. The number of hydrogen-bond acceptors (Lipinski definition) is 5. The van der Waals surface area contributed by atoms with Crippen LogP contribution >= 0.6 is 11.3 Å². The number of aryl methyl sites for hydroxylation is 1. The van der Waals surface area contributed by atoms with Crippen LogP contribution in [0, 0.1) is 6.92 Å². The number of fused-ring (bicyclic) bond motifs is 1. The maximum absolute atomic E-state index is 11.3. The lowest BCUT2D eigenvalue weighted by Crippen LogP contribution is -2.39. The average Bonchev–Trinajstić information content (AvgIpc) is 2.69. The smallest absolute Gasteiger partial charge is 0.294 e. The van der Waals surface area contributed by atoms with Crippen molar-refractivity contribution in [2.45, 2.75) is 6.92 Å². The van der Waals surface area contributed by atoms with Crippen LogP contribution in [0.1, 0.15) is 5.56 Å². The summed E-state index contributed by atoms with van der Waals surface area (Å²) >= 11 is 1.30. The van der Waals surface area contributed by atoms with Gasteiger partial charge in [0.15, 0.2) is 5.13 Å². The van der Waals surface area contributed by atoms with Gasteiger partial charge in [-0.05, 0) is 24.6 Å². The SMILES string of the molecule is Cc1ccc2nc(NC(=O)C(=O)NN)sc2c1. The van der Waals surface area contributed by atoms with Gasteiger partial charge in [0.2, 0.25) is 0 Å². The van der Waals surface area contributed by atoms with E-state index in [1.54, 1.807) is 5.43 Å². The number of aromatic nitrogens is 1. The normalized spacial score (nSPS) is 10.2. The first-order chi connectivity index (χ1) is 8.10. The van der Waals surface area contributed by atoms with Gasteiger partial charge >= 0.3 is 11.8 Å². The first kappa shape index (κ1) is 11.5. The first-order valence-electron chi connectivity index (χ1n) is 4.79. The standard InChI is InChI=1S/C10H10N4O2S/c1-5-2-3-6-7(4-5)17-10(12-6)13-8(15)9(16)14-11/h2-4H,11H2,1H3,(H,14,16)(H,12,13,15). The van der Waals surface area contributed by atoms with Crippen molar-refractivity contribution in [3.8, 4) is 0 Å². The zero-order valence-electron chi connectivity index (χ0n) is 8.98. The Morgan fingerprint density at radius 1 is 1.35 bits per heavy atom. The van der Waals surface area contributed by atoms with Gasteiger partial charge in [-0.15, -0.1) is 0 Å². The molecule has 0 radical (unpaired) electrons. The Bertz CT molecular complexity index is 593. The zero-order chi connectivity index (χ0) is 12.4. The number of thiazole rings is 1. The van der Waals surface area contributed by atoms with Gasteiger partial charge in [0.05, 0.1) is 10.2 Å². The molecule has 0 unspecified atom stereocenters. The van der Waals surface area contributed by atoms with Crippen LogP contribution in [0.3, 0.4) is 0 Å². The third kappa shape index (κ3) is 2.40. The van der Waals surface area contributed by atoms with Crippen molar-refractivity contribution in [2.24, 2.45) is 5.84 Å². The second-order valence-corrected chi connectivity index (χ2v) is 4.45. The highest BCUT2D eigenvalue weighted by Gasteiger charge is 2.14. The second-order valence-electron chi connectivity index (χ2n) is 3.42. The first-order valence-corrected chi connectivity index (χ1v) is 5.61. The number of nitrogens with two attached hydrogens (primary N) is 1. The Morgan fingerprint density at radius 3 is 2.82 bits per heavy atom. The van der Waals surface area contributed by atoms with Crippen LogP contribution in [-0.4, -0.2) is 16.8 Å². The van der Waals surface area contributed by atoms with E-state index >= 15 is 0 Å². The van der Waals surface area contributed by atoms with E-state index in [4.69, 9.17) is 5.84 Å². The molecule has 0 spiro atoms. The fourth-order valence-corrected chi connectivity index (χ4v) is 2.26. The molecule has 0 saturated heterocycles. The van der Waals surface area contributed by atoms with Crippen LogP contribution in [0.15, 0.2) is 18.2 Å². The molecule has 0 fully saturated rings. The summed E-state index contributed by atoms with van der Waals surface area (Å²) in [5, 5.41) is 2.75. The van der Waals surface area contributed by atoms with Gasteiger partial charge in [-0.25, -0.2) is 10.8 Å². The van der Waals surface area contributed by atoms with Crippen LogP contribution in [0.4, 0.5) is 5.13 Å². The van der Waals surface area contributed by atoms with Crippen molar-refractivity contribution in [3.63, 3.8) is 0 Å². The summed E-state index contributed by atoms with van der Waals surface area (Å²) in [6.07, 6.45) is 0. The fraction of sp³-hybridized carbons (Fsp3) is 0.100. The zero-order valence-corrected chi connectivity index (χ0v) is 9.80. The highest BCUT2D eigenvalue weighted by Crippen LogP contribution is 2.26. The summed E-state index contributed by atoms with van der Waals surface area (Å²) in [6, 6.07) is 5.76. The summed E-state index contributed by atoms with van der Waals surface area (Å²) < 4.78 is 0.952. The van der Waals surface area contributed by atoms with E-state index < -0.39 is 11.8 Å². The number of benzene rings is 1. The highest BCUT2D eigenvalue weighted by molar-refractivity contribution is 7.22. The van der Waals surface area contributed by atoms with Crippen LogP contribution in [-0.2, 0) is 9.59 Å². The van der Waals surface area contributed by atoms with Crippen LogP contribution in [0.2, 0.25) is 0 Å². The second kappa shape index (κ2) is 4.48. The Labute approximate surface area is 101 Å². The lowest BCUT2D eigenvalue weighted by molar-refractivity contribution is -0.136. The van der Waals surface area contributed by atoms with Crippen LogP contribution in [0.5, 0.6) is 0 Å². The lowest BCUT2D eigenvalue weighted by Gasteiger charge is -1.97. The monoisotopic (exact) mass is 250 g/mol. The van der Waals surface area contributed by atoms with Crippen LogP contribution in [0.25, 0.3) is 10.2 Å². The number of hydrazine groups is 1. The molecule has 0 atom stereocenters. The molecule has 0 aliphatic rings. The Balaban J connectivity index is 2.25. The average molecular weight is 250 g/mol. The predicted molar refractivity (Wildman–Crippen MR) is 65.3 cm³/mol. The predicted octanol–water partition coefficient (Wildman–Crippen LogP) is 0.533. The molecular weight excluding hydrogens is 240 g/mol. The third-order valence-corrected chi connectivity index (χ3v) is 3.04. The molecule has 0 aliphatic carbocycles. The largest absolute Gasteiger partial charge is 0.323 e. The maximum atomic E-state index is 11.3. The van der Waals surface area contributed by atoms with Gasteiger partial charge in [-0.3, -0.25) is 20.3 Å². The number of carbonyl (C=O) groups excluding carboxylic acids is 2. The Morgan fingerprint density at radius 2 is 2.12 bits per heavy atom. The van der Waals surface area contributed by atoms with E-state index in [-0.39, 0.29) is 0 Å². The Kier molecular flexibility index (Phi) is 3.03. The van der Waals surface area contributed by atoms with Crippen molar-refractivity contribution < 1.29 is 9.59 Å². The molecule has 2 rings (SSSR count). The molecule has 17 heavy (non-hydrogen) atoms. The van der Waals surface area contributed by atoms with Gasteiger partial charge in [-0.1, -0.05) is 17.4 Å². The molecule has 2 aromatic rings. The molecule has 4 N–H and O–H groups in total. The highest BCUT2D eigenvalue weighted by atomic mass is 32.1. The maximum Gasteiger partial charge on any atom is 0.323 e. The van der Waals surface area contributed by atoms with E-state index in [2.05, 4.69) is 10.3 Å². The molecule has 1 aromatic heterocycles. The lowest BCUT2D eigenvalue weighted by atomic mass is 10.2. The molecular formula is C10H10N4O2S. The summed E-state index contributed by atoms with van der Waals surface area (Å²) in [6.45, 7) is 1.97. The number of carbonyl (C=O) groups is 2. The van der Waals surface area contributed by atoms with Gasteiger partial charge in [0, 0.05) is 0 Å². The van der Waals surface area contributed by atoms with E-state index in [1.807, 2.05) is 25.1 Å². The van der Waals surface area contributed by atoms with Gasteiger partial charge in [0.1, 0.15) is 0 Å². The Hall–Kier alpha value is -1.99. The van der Waals surface area contributed by atoms with Crippen LogP contribution < -0.4 is 16.6 Å².